The fraction of sp³-hybridized carbons (Fsp3) is 0.533. The molecule has 5 nitrogen and oxygen atoms in total. The summed E-state index contributed by atoms with van der Waals surface area (Å²) < 4.78 is 26.9. The summed E-state index contributed by atoms with van der Waals surface area (Å²) in [5.74, 6) is 0.340. The Morgan fingerprint density at radius 2 is 2.05 bits per heavy atom. The van der Waals surface area contributed by atoms with Crippen LogP contribution < -0.4 is 5.73 Å². The minimum atomic E-state index is -3.59. The van der Waals surface area contributed by atoms with Crippen molar-refractivity contribution in [3.63, 3.8) is 0 Å². The predicted molar refractivity (Wildman–Crippen MR) is 81.9 cm³/mol. The molecule has 6 heteroatoms. The van der Waals surface area contributed by atoms with E-state index in [4.69, 9.17) is 11.0 Å². The fourth-order valence-electron chi connectivity index (χ4n) is 2.65. The zero-order chi connectivity index (χ0) is 15.8. The number of hydrogen-bond donors (Lipinski definition) is 1. The first-order valence-electron chi connectivity index (χ1n) is 6.96. The Morgan fingerprint density at radius 1 is 1.38 bits per heavy atom. The van der Waals surface area contributed by atoms with Gasteiger partial charge in [0.25, 0.3) is 0 Å². The van der Waals surface area contributed by atoms with Gasteiger partial charge in [0, 0.05) is 13.1 Å². The van der Waals surface area contributed by atoms with Crippen LogP contribution in [0.3, 0.4) is 0 Å². The molecular weight excluding hydrogens is 286 g/mol. The van der Waals surface area contributed by atoms with E-state index in [2.05, 4.69) is 20.8 Å². The number of nitrogens with zero attached hydrogens (tertiary/aromatic N) is 2. The Balaban J connectivity index is 2.30. The molecule has 0 bridgehead atoms. The largest absolute Gasteiger partial charge is 0.398 e. The van der Waals surface area contributed by atoms with E-state index in [1.54, 1.807) is 0 Å². The third kappa shape index (κ3) is 3.04. The maximum Gasteiger partial charge on any atom is 0.245 e. The molecule has 0 aromatic heterocycles. The van der Waals surface area contributed by atoms with Gasteiger partial charge in [-0.05, 0) is 36.0 Å². The second-order valence-electron chi connectivity index (χ2n) is 6.58. The summed E-state index contributed by atoms with van der Waals surface area (Å²) in [5, 5.41) is 8.83. The fourth-order valence-corrected chi connectivity index (χ4v) is 4.24. The van der Waals surface area contributed by atoms with Crippen LogP contribution in [-0.4, -0.2) is 25.8 Å². The predicted octanol–water partition coefficient (Wildman–Crippen LogP) is 2.20. The lowest BCUT2D eigenvalue weighted by atomic mass is 9.80. The highest BCUT2D eigenvalue weighted by molar-refractivity contribution is 7.89. The minimum Gasteiger partial charge on any atom is -0.398 e. The average Bonchev–Trinajstić information content (AvgIpc) is 2.88. The van der Waals surface area contributed by atoms with Gasteiger partial charge in [-0.2, -0.15) is 9.57 Å². The first-order chi connectivity index (χ1) is 9.66. The van der Waals surface area contributed by atoms with Gasteiger partial charge < -0.3 is 5.73 Å². The highest BCUT2D eigenvalue weighted by Gasteiger charge is 2.38. The highest BCUT2D eigenvalue weighted by atomic mass is 32.2. The Hall–Kier alpha value is -1.58. The van der Waals surface area contributed by atoms with Gasteiger partial charge in [-0.15, -0.1) is 0 Å². The minimum absolute atomic E-state index is 0.0838. The normalized spacial score (nSPS) is 20.4. The number of rotatable bonds is 2. The number of nitrogens with two attached hydrogens (primary N) is 1. The van der Waals surface area contributed by atoms with Crippen LogP contribution in [0.25, 0.3) is 0 Å². The molecule has 1 saturated heterocycles. The monoisotopic (exact) mass is 307 g/mol. The summed E-state index contributed by atoms with van der Waals surface area (Å²) in [7, 11) is -3.59. The van der Waals surface area contributed by atoms with E-state index in [-0.39, 0.29) is 16.0 Å². The molecule has 1 aromatic carbocycles. The Bertz CT molecular complexity index is 684. The van der Waals surface area contributed by atoms with Gasteiger partial charge in [-0.1, -0.05) is 20.8 Å². The topological polar surface area (TPSA) is 87.2 Å². The molecule has 1 unspecified atom stereocenters. The van der Waals surface area contributed by atoms with Crippen molar-refractivity contribution < 1.29 is 8.42 Å². The van der Waals surface area contributed by atoms with Crippen molar-refractivity contribution in [3.8, 4) is 6.07 Å². The SMILES string of the molecule is CC(C)(C)C1CCN(S(=O)(=O)c2ccc(C#N)cc2N)C1. The van der Waals surface area contributed by atoms with Crippen LogP contribution in [0.1, 0.15) is 32.8 Å². The van der Waals surface area contributed by atoms with E-state index in [1.807, 2.05) is 6.07 Å². The first kappa shape index (κ1) is 15.8. The maximum absolute atomic E-state index is 12.7. The van der Waals surface area contributed by atoms with Crippen molar-refractivity contribution in [2.24, 2.45) is 11.3 Å². The molecule has 1 aliphatic rings. The standard InChI is InChI=1S/C15H21N3O2S/c1-15(2,3)12-6-7-18(10-12)21(19,20)14-5-4-11(9-16)8-13(14)17/h4-5,8,12H,6-7,10,17H2,1-3H3. The smallest absolute Gasteiger partial charge is 0.245 e. The van der Waals surface area contributed by atoms with E-state index in [1.165, 1.54) is 22.5 Å². The van der Waals surface area contributed by atoms with E-state index in [0.29, 0.717) is 24.6 Å². The molecule has 1 atom stereocenters. The van der Waals surface area contributed by atoms with Gasteiger partial charge >= 0.3 is 0 Å². The highest BCUT2D eigenvalue weighted by Crippen LogP contribution is 2.36. The summed E-state index contributed by atoms with van der Waals surface area (Å²) >= 11 is 0. The molecule has 1 aromatic rings. The lowest BCUT2D eigenvalue weighted by Crippen LogP contribution is -2.31. The van der Waals surface area contributed by atoms with Crippen molar-refractivity contribution in [2.45, 2.75) is 32.1 Å². The van der Waals surface area contributed by atoms with Crippen LogP contribution in [0.4, 0.5) is 5.69 Å². The van der Waals surface area contributed by atoms with Crippen molar-refractivity contribution >= 4 is 15.7 Å². The van der Waals surface area contributed by atoms with E-state index >= 15 is 0 Å². The Labute approximate surface area is 126 Å². The second-order valence-corrected chi connectivity index (χ2v) is 8.49. The maximum atomic E-state index is 12.7. The van der Waals surface area contributed by atoms with Gasteiger partial charge in [0.05, 0.1) is 17.3 Å². The van der Waals surface area contributed by atoms with Gasteiger partial charge in [0.1, 0.15) is 4.90 Å². The summed E-state index contributed by atoms with van der Waals surface area (Å²) in [4.78, 5) is 0.0936. The molecule has 0 radical (unpaired) electrons. The van der Waals surface area contributed by atoms with E-state index < -0.39 is 10.0 Å². The van der Waals surface area contributed by atoms with Gasteiger partial charge in [-0.25, -0.2) is 8.42 Å². The molecule has 0 aliphatic carbocycles. The third-order valence-electron chi connectivity index (χ3n) is 4.13. The number of hydrogen-bond acceptors (Lipinski definition) is 4. The van der Waals surface area contributed by atoms with Gasteiger partial charge in [-0.3, -0.25) is 0 Å². The van der Waals surface area contributed by atoms with E-state index in [0.717, 1.165) is 6.42 Å². The number of sulfonamides is 1. The lowest BCUT2D eigenvalue weighted by molar-refractivity contribution is 0.252. The molecule has 2 rings (SSSR count). The molecular formula is C15H21N3O2S. The quantitative estimate of drug-likeness (QED) is 0.848. The van der Waals surface area contributed by atoms with E-state index in [9.17, 15) is 8.42 Å². The van der Waals surface area contributed by atoms with Crippen molar-refractivity contribution in [1.82, 2.24) is 4.31 Å². The molecule has 0 spiro atoms. The molecule has 1 aliphatic heterocycles. The number of anilines is 1. The molecule has 1 heterocycles. The lowest BCUT2D eigenvalue weighted by Gasteiger charge is -2.27. The first-order valence-corrected chi connectivity index (χ1v) is 8.40. The van der Waals surface area contributed by atoms with Crippen LogP contribution in [0.15, 0.2) is 23.1 Å². The Kier molecular flexibility index (Phi) is 4.00. The Morgan fingerprint density at radius 3 is 2.52 bits per heavy atom. The van der Waals surface area contributed by atoms with Crippen molar-refractivity contribution in [1.29, 1.82) is 5.26 Å². The zero-order valence-corrected chi connectivity index (χ0v) is 13.4. The second kappa shape index (κ2) is 5.32. The molecule has 1 fully saturated rings. The van der Waals surface area contributed by atoms with Crippen LogP contribution >= 0.6 is 0 Å². The molecule has 21 heavy (non-hydrogen) atoms. The molecule has 2 N–H and O–H groups in total. The summed E-state index contributed by atoms with van der Waals surface area (Å²) in [5.41, 5.74) is 6.39. The summed E-state index contributed by atoms with van der Waals surface area (Å²) in [6.07, 6.45) is 0.860. The van der Waals surface area contributed by atoms with Crippen LogP contribution in [0, 0.1) is 22.7 Å². The molecule has 114 valence electrons. The van der Waals surface area contributed by atoms with Crippen molar-refractivity contribution in [2.75, 3.05) is 18.8 Å². The summed E-state index contributed by atoms with van der Waals surface area (Å²) in [6.45, 7) is 7.42. The average molecular weight is 307 g/mol. The zero-order valence-electron chi connectivity index (χ0n) is 12.6. The summed E-state index contributed by atoms with van der Waals surface area (Å²) in [6, 6.07) is 6.27. The van der Waals surface area contributed by atoms with Crippen molar-refractivity contribution in [3.05, 3.63) is 23.8 Å². The number of benzene rings is 1. The van der Waals surface area contributed by atoms with Crippen LogP contribution in [0.5, 0.6) is 0 Å². The number of nitriles is 1. The van der Waals surface area contributed by atoms with Gasteiger partial charge in [0.2, 0.25) is 10.0 Å². The van der Waals surface area contributed by atoms with Crippen LogP contribution in [0.2, 0.25) is 0 Å². The molecule has 0 saturated carbocycles. The molecule has 0 amide bonds. The third-order valence-corrected chi connectivity index (χ3v) is 6.07. The van der Waals surface area contributed by atoms with Crippen LogP contribution in [-0.2, 0) is 10.0 Å². The number of nitrogen functional groups attached to an aromatic ring is 1. The van der Waals surface area contributed by atoms with Gasteiger partial charge in [0.15, 0.2) is 0 Å².